The van der Waals surface area contributed by atoms with E-state index in [0.717, 1.165) is 48.1 Å². The summed E-state index contributed by atoms with van der Waals surface area (Å²) in [4.78, 5) is 37.0. The Kier molecular flexibility index (Phi) is 10.4. The highest BCUT2D eigenvalue weighted by atomic mass is 16.2. The zero-order chi connectivity index (χ0) is 32.0. The van der Waals surface area contributed by atoms with Gasteiger partial charge in [-0.15, -0.1) is 0 Å². The van der Waals surface area contributed by atoms with Gasteiger partial charge in [-0.2, -0.15) is 9.61 Å². The van der Waals surface area contributed by atoms with Gasteiger partial charge in [0, 0.05) is 40.9 Å². The second kappa shape index (κ2) is 14.2. The maximum Gasteiger partial charge on any atom is 0.267 e. The molecule has 1 fully saturated rings. The van der Waals surface area contributed by atoms with Crippen LogP contribution in [0.25, 0.3) is 28.0 Å². The first-order valence-corrected chi connectivity index (χ1v) is 15.2. The van der Waals surface area contributed by atoms with Crippen molar-refractivity contribution in [3.63, 3.8) is 0 Å². The van der Waals surface area contributed by atoms with Crippen LogP contribution in [-0.2, 0) is 4.79 Å². The van der Waals surface area contributed by atoms with Gasteiger partial charge < -0.3 is 16.0 Å². The lowest BCUT2D eigenvalue weighted by Gasteiger charge is -2.30. The van der Waals surface area contributed by atoms with E-state index in [2.05, 4.69) is 17.0 Å². The van der Waals surface area contributed by atoms with Crippen molar-refractivity contribution in [3.05, 3.63) is 66.1 Å². The number of aromatic nitrogens is 4. The summed E-state index contributed by atoms with van der Waals surface area (Å²) in [6.07, 6.45) is 9.29. The topological polar surface area (TPSA) is 154 Å². The number of hydrogen-bond acceptors (Lipinski definition) is 8. The van der Waals surface area contributed by atoms with Crippen LogP contribution in [0.5, 0.6) is 0 Å². The van der Waals surface area contributed by atoms with Crippen molar-refractivity contribution >= 4 is 35.1 Å². The highest BCUT2D eigenvalue weighted by Gasteiger charge is 2.36. The van der Waals surface area contributed by atoms with Gasteiger partial charge in [0.2, 0.25) is 0 Å². The maximum absolute atomic E-state index is 12.8. The SMILES string of the molecule is CC(=N)C(=O)N1C(C)CCC1CC(C)c1nc2c(-c3ccc(-c4ccccc4)nc3)cnn2c(N)c1C(C)=O.CCCC=N. The predicted octanol–water partition coefficient (Wildman–Crippen LogP) is 6.59. The number of unbranched alkanes of at least 4 members (excludes halogenated alkanes) is 1. The number of nitrogens with zero attached hydrogens (tertiary/aromatic N) is 5. The van der Waals surface area contributed by atoms with Crippen molar-refractivity contribution < 1.29 is 9.59 Å². The number of anilines is 1. The Morgan fingerprint density at radius 2 is 1.82 bits per heavy atom. The van der Waals surface area contributed by atoms with Gasteiger partial charge in [0.1, 0.15) is 5.82 Å². The summed E-state index contributed by atoms with van der Waals surface area (Å²) in [5.74, 6) is -0.333. The van der Waals surface area contributed by atoms with Gasteiger partial charge in [0.25, 0.3) is 5.91 Å². The molecular weight excluding hydrogens is 552 g/mol. The molecule has 0 bridgehead atoms. The molecule has 3 atom stereocenters. The summed E-state index contributed by atoms with van der Waals surface area (Å²) in [6.45, 7) is 9.10. The van der Waals surface area contributed by atoms with Gasteiger partial charge >= 0.3 is 0 Å². The molecule has 3 unspecified atom stereocenters. The molecule has 4 aromatic rings. The zero-order valence-electron chi connectivity index (χ0n) is 26.2. The van der Waals surface area contributed by atoms with E-state index in [9.17, 15) is 9.59 Å². The average Bonchev–Trinajstić information content (AvgIpc) is 3.61. The standard InChI is InChI=1S/C30H33N7O2.C4H9N/c1-17(14-23-12-10-18(2)36(23)30(39)19(3)31)27-26(20(4)38)28(32)37-29(35-27)24(16-34-37)22-11-13-25(33-15-22)21-8-6-5-7-9-21;1-2-3-4-5/h5-9,11,13,15-18,23,31H,10,12,14,32H2,1-4H3;4-5H,2-3H2,1H3. The number of nitrogens with two attached hydrogens (primary N) is 1. The van der Waals surface area contributed by atoms with Crippen LogP contribution in [0.4, 0.5) is 5.82 Å². The van der Waals surface area contributed by atoms with E-state index < -0.39 is 0 Å². The van der Waals surface area contributed by atoms with Crippen molar-refractivity contribution in [2.45, 2.75) is 84.7 Å². The molecule has 0 radical (unpaired) electrons. The number of hydrogen-bond donors (Lipinski definition) is 3. The van der Waals surface area contributed by atoms with Crippen molar-refractivity contribution in [1.82, 2.24) is 24.5 Å². The predicted molar refractivity (Wildman–Crippen MR) is 176 cm³/mol. The van der Waals surface area contributed by atoms with Crippen LogP contribution in [0.2, 0.25) is 0 Å². The minimum atomic E-state index is -0.239. The van der Waals surface area contributed by atoms with Crippen LogP contribution in [-0.4, -0.2) is 60.2 Å². The fraction of sp³-hybridized carbons (Fsp3) is 0.382. The number of carbonyl (C=O) groups excluding carboxylic acids is 2. The van der Waals surface area contributed by atoms with Crippen LogP contribution in [0, 0.1) is 10.8 Å². The summed E-state index contributed by atoms with van der Waals surface area (Å²) < 4.78 is 1.51. The van der Waals surface area contributed by atoms with Gasteiger partial charge in [-0.25, -0.2) is 4.98 Å². The second-order valence-corrected chi connectivity index (χ2v) is 11.5. The van der Waals surface area contributed by atoms with Crippen molar-refractivity contribution in [2.75, 3.05) is 5.73 Å². The van der Waals surface area contributed by atoms with Gasteiger partial charge in [-0.1, -0.05) is 56.7 Å². The Morgan fingerprint density at radius 3 is 2.39 bits per heavy atom. The number of pyridine rings is 1. The number of fused-ring (bicyclic) bond motifs is 1. The summed E-state index contributed by atoms with van der Waals surface area (Å²) in [5.41, 5.74) is 11.6. The van der Waals surface area contributed by atoms with Crippen LogP contribution < -0.4 is 5.73 Å². The molecule has 10 nitrogen and oxygen atoms in total. The third-order valence-corrected chi connectivity index (χ3v) is 8.07. The monoisotopic (exact) mass is 594 g/mol. The fourth-order valence-electron chi connectivity index (χ4n) is 5.81. The molecule has 1 aromatic carbocycles. The number of nitrogen functional groups attached to an aromatic ring is 1. The lowest BCUT2D eigenvalue weighted by Crippen LogP contribution is -2.43. The van der Waals surface area contributed by atoms with E-state index in [1.54, 1.807) is 12.4 Å². The first-order valence-electron chi connectivity index (χ1n) is 15.2. The third-order valence-electron chi connectivity index (χ3n) is 8.07. The number of ketones is 1. The molecule has 4 N–H and O–H groups in total. The molecule has 1 amide bonds. The highest BCUT2D eigenvalue weighted by molar-refractivity contribution is 6.36. The Morgan fingerprint density at radius 1 is 1.09 bits per heavy atom. The van der Waals surface area contributed by atoms with Crippen LogP contribution in [0.3, 0.4) is 0 Å². The third kappa shape index (κ3) is 6.74. The van der Waals surface area contributed by atoms with Crippen LogP contribution in [0.15, 0.2) is 54.9 Å². The van der Waals surface area contributed by atoms with E-state index in [1.807, 2.05) is 61.2 Å². The molecule has 44 heavy (non-hydrogen) atoms. The van der Waals surface area contributed by atoms with Gasteiger partial charge in [0.15, 0.2) is 11.4 Å². The summed E-state index contributed by atoms with van der Waals surface area (Å²) in [7, 11) is 0. The lowest BCUT2D eigenvalue weighted by molar-refractivity contribution is -0.126. The van der Waals surface area contributed by atoms with Gasteiger partial charge in [0.05, 0.1) is 28.9 Å². The second-order valence-electron chi connectivity index (χ2n) is 11.5. The summed E-state index contributed by atoms with van der Waals surface area (Å²) in [6, 6.07) is 13.9. The number of benzene rings is 1. The Hall–Kier alpha value is -4.73. The largest absolute Gasteiger partial charge is 0.383 e. The van der Waals surface area contributed by atoms with Gasteiger partial charge in [-0.05, 0) is 58.7 Å². The quantitative estimate of drug-likeness (QED) is 0.147. The van der Waals surface area contributed by atoms with Crippen molar-refractivity contribution in [3.8, 4) is 22.4 Å². The van der Waals surface area contributed by atoms with Crippen molar-refractivity contribution in [2.24, 2.45) is 0 Å². The molecule has 4 heterocycles. The van der Waals surface area contributed by atoms with E-state index in [-0.39, 0.29) is 41.2 Å². The Labute approximate surface area is 258 Å². The van der Waals surface area contributed by atoms with Crippen molar-refractivity contribution in [1.29, 1.82) is 10.8 Å². The molecule has 1 aliphatic rings. The molecule has 0 saturated carbocycles. The molecule has 1 aliphatic heterocycles. The fourth-order valence-corrected chi connectivity index (χ4v) is 5.81. The normalized spacial score (nSPS) is 16.7. The smallest absolute Gasteiger partial charge is 0.267 e. The first-order chi connectivity index (χ1) is 21.1. The van der Waals surface area contributed by atoms with E-state index in [1.165, 1.54) is 24.6 Å². The highest BCUT2D eigenvalue weighted by Crippen LogP contribution is 2.36. The molecule has 1 saturated heterocycles. The minimum Gasteiger partial charge on any atom is -0.383 e. The molecule has 10 heteroatoms. The number of Topliss-reactive ketones (excluding diaryl/α,β-unsaturated/α-hetero) is 1. The summed E-state index contributed by atoms with van der Waals surface area (Å²) in [5, 5.41) is 18.8. The minimum absolute atomic E-state index is 0.0328. The molecule has 5 rings (SSSR count). The van der Waals surface area contributed by atoms with Crippen LogP contribution in [0.1, 0.15) is 88.7 Å². The molecular formula is C34H42N8O2. The van der Waals surface area contributed by atoms with E-state index in [0.29, 0.717) is 23.3 Å². The number of rotatable bonds is 9. The Balaban J connectivity index is 0.000000818. The number of amides is 1. The average molecular weight is 595 g/mol. The van der Waals surface area contributed by atoms with Crippen LogP contribution >= 0.6 is 0 Å². The summed E-state index contributed by atoms with van der Waals surface area (Å²) >= 11 is 0. The Bertz CT molecular complexity index is 1650. The molecule has 230 valence electrons. The van der Waals surface area contributed by atoms with Gasteiger partial charge in [-0.3, -0.25) is 20.0 Å². The molecule has 3 aromatic heterocycles. The first kappa shape index (κ1) is 32.2. The number of nitrogens with one attached hydrogen (secondary N) is 2. The maximum atomic E-state index is 12.8. The van der Waals surface area contributed by atoms with E-state index in [4.69, 9.17) is 21.5 Å². The number of likely N-dealkylation sites (tertiary alicyclic amines) is 1. The zero-order valence-corrected chi connectivity index (χ0v) is 26.2. The number of carbonyl (C=O) groups is 2. The van der Waals surface area contributed by atoms with E-state index >= 15 is 0 Å². The molecule has 0 aliphatic carbocycles. The molecule has 0 spiro atoms. The lowest BCUT2D eigenvalue weighted by atomic mass is 9.92.